The normalized spacial score (nSPS) is 12.0. The molecule has 1 aromatic heterocycles. The van der Waals surface area contributed by atoms with E-state index in [2.05, 4.69) is 39.6 Å². The Morgan fingerprint density at radius 2 is 2.10 bits per heavy atom. The summed E-state index contributed by atoms with van der Waals surface area (Å²) in [4.78, 5) is 14.8. The Balaban J connectivity index is 2.21. The molecule has 1 atom stereocenters. The van der Waals surface area contributed by atoms with Gasteiger partial charge < -0.3 is 10.2 Å². The van der Waals surface area contributed by atoms with Crippen LogP contribution in [-0.2, 0) is 0 Å². The summed E-state index contributed by atoms with van der Waals surface area (Å²) < 4.78 is 1.08. The summed E-state index contributed by atoms with van der Waals surface area (Å²) in [6, 6.07) is 7.67. The van der Waals surface area contributed by atoms with E-state index >= 15 is 0 Å². The number of anilines is 1. The van der Waals surface area contributed by atoms with Crippen LogP contribution in [0.2, 0.25) is 5.02 Å². The molecule has 0 saturated heterocycles. The lowest BCUT2D eigenvalue weighted by atomic mass is 10.1. The van der Waals surface area contributed by atoms with E-state index in [0.717, 1.165) is 10.2 Å². The predicted molar refractivity (Wildman–Crippen MR) is 93.5 cm³/mol. The lowest BCUT2D eigenvalue weighted by molar-refractivity contribution is 0.0828. The number of carbonyl (C=O) groups excluding carboxylic acids is 1. The van der Waals surface area contributed by atoms with E-state index in [4.69, 9.17) is 11.6 Å². The van der Waals surface area contributed by atoms with Crippen LogP contribution in [0, 0.1) is 0 Å². The monoisotopic (exact) mass is 386 g/mol. The molecule has 0 fully saturated rings. The SMILES string of the molecule is CC(Nc1ccc(Cl)c(C(=O)N(C)C)c1)c1cc(Br)cs1. The molecule has 0 radical (unpaired) electrons. The first-order valence-corrected chi connectivity index (χ1v) is 8.45. The summed E-state index contributed by atoms with van der Waals surface area (Å²) in [5.74, 6) is -0.102. The quantitative estimate of drug-likeness (QED) is 0.797. The Morgan fingerprint density at radius 1 is 1.38 bits per heavy atom. The van der Waals surface area contributed by atoms with Gasteiger partial charge in [0.15, 0.2) is 0 Å². The van der Waals surface area contributed by atoms with Gasteiger partial charge in [-0.3, -0.25) is 4.79 Å². The van der Waals surface area contributed by atoms with Gasteiger partial charge in [0.2, 0.25) is 0 Å². The van der Waals surface area contributed by atoms with Crippen LogP contribution in [0.5, 0.6) is 0 Å². The Kier molecular flexibility index (Phi) is 5.30. The van der Waals surface area contributed by atoms with E-state index in [-0.39, 0.29) is 11.9 Å². The van der Waals surface area contributed by atoms with Crippen molar-refractivity contribution < 1.29 is 4.79 Å². The molecule has 1 N–H and O–H groups in total. The fraction of sp³-hybridized carbons (Fsp3) is 0.267. The zero-order valence-corrected chi connectivity index (χ0v) is 15.1. The van der Waals surface area contributed by atoms with Crippen molar-refractivity contribution in [3.63, 3.8) is 0 Å². The van der Waals surface area contributed by atoms with E-state index in [9.17, 15) is 4.79 Å². The third-order valence-corrected chi connectivity index (χ3v) is 5.21. The van der Waals surface area contributed by atoms with Crippen LogP contribution in [0.4, 0.5) is 5.69 Å². The maximum Gasteiger partial charge on any atom is 0.254 e. The number of hydrogen-bond acceptors (Lipinski definition) is 3. The second-order valence-corrected chi connectivity index (χ2v) is 7.19. The molecule has 0 aliphatic carbocycles. The van der Waals surface area contributed by atoms with E-state index in [1.54, 1.807) is 37.6 Å². The first-order valence-electron chi connectivity index (χ1n) is 6.40. The van der Waals surface area contributed by atoms with Crippen molar-refractivity contribution in [2.75, 3.05) is 19.4 Å². The minimum Gasteiger partial charge on any atom is -0.378 e. The van der Waals surface area contributed by atoms with Crippen molar-refractivity contribution in [2.24, 2.45) is 0 Å². The summed E-state index contributed by atoms with van der Waals surface area (Å²) in [5.41, 5.74) is 1.38. The second kappa shape index (κ2) is 6.81. The number of thiophene rings is 1. The lowest BCUT2D eigenvalue weighted by Crippen LogP contribution is -2.22. The molecule has 2 rings (SSSR count). The Hall–Kier alpha value is -1.04. The van der Waals surface area contributed by atoms with Crippen molar-refractivity contribution in [3.05, 3.63) is 49.6 Å². The van der Waals surface area contributed by atoms with Gasteiger partial charge in [-0.1, -0.05) is 11.6 Å². The molecule has 21 heavy (non-hydrogen) atoms. The summed E-state index contributed by atoms with van der Waals surface area (Å²) in [5, 5.41) is 5.91. The van der Waals surface area contributed by atoms with Gasteiger partial charge in [-0.05, 0) is 47.1 Å². The molecule has 0 saturated carbocycles. The molecule has 1 aromatic carbocycles. The highest BCUT2D eigenvalue weighted by Crippen LogP contribution is 2.29. The molecule has 112 valence electrons. The molecule has 0 aliphatic heterocycles. The zero-order chi connectivity index (χ0) is 15.6. The Bertz CT molecular complexity index is 657. The molecule has 1 heterocycles. The third kappa shape index (κ3) is 3.99. The number of carbonyl (C=O) groups is 1. The molecule has 3 nitrogen and oxygen atoms in total. The molecule has 1 amide bonds. The highest BCUT2D eigenvalue weighted by atomic mass is 79.9. The van der Waals surface area contributed by atoms with E-state index < -0.39 is 0 Å². The van der Waals surface area contributed by atoms with Crippen molar-refractivity contribution in [3.8, 4) is 0 Å². The van der Waals surface area contributed by atoms with Crippen LogP contribution in [0.1, 0.15) is 28.2 Å². The van der Waals surface area contributed by atoms with Crippen molar-refractivity contribution >= 4 is 50.5 Å². The molecule has 0 bridgehead atoms. The largest absolute Gasteiger partial charge is 0.378 e. The number of amides is 1. The summed E-state index contributed by atoms with van der Waals surface area (Å²) in [7, 11) is 3.43. The topological polar surface area (TPSA) is 32.3 Å². The average Bonchev–Trinajstić information content (AvgIpc) is 2.86. The van der Waals surface area contributed by atoms with Crippen LogP contribution >= 0.6 is 38.9 Å². The molecular weight excluding hydrogens is 372 g/mol. The van der Waals surface area contributed by atoms with Crippen molar-refractivity contribution in [1.29, 1.82) is 0 Å². The molecule has 0 spiro atoms. The van der Waals surface area contributed by atoms with E-state index in [1.165, 1.54) is 9.78 Å². The predicted octanol–water partition coefficient (Wildman–Crippen LogP) is 5.04. The maximum absolute atomic E-state index is 12.1. The minimum atomic E-state index is -0.102. The molecule has 1 unspecified atom stereocenters. The van der Waals surface area contributed by atoms with Crippen LogP contribution in [-0.4, -0.2) is 24.9 Å². The minimum absolute atomic E-state index is 0.102. The summed E-state index contributed by atoms with van der Waals surface area (Å²) in [6.07, 6.45) is 0. The van der Waals surface area contributed by atoms with Gasteiger partial charge in [-0.15, -0.1) is 11.3 Å². The van der Waals surface area contributed by atoms with Gasteiger partial charge in [0.05, 0.1) is 16.6 Å². The summed E-state index contributed by atoms with van der Waals surface area (Å²) >= 11 is 11.3. The van der Waals surface area contributed by atoms with Crippen LogP contribution in [0.3, 0.4) is 0 Å². The van der Waals surface area contributed by atoms with Gasteiger partial charge in [0, 0.05) is 34.5 Å². The second-order valence-electron chi connectivity index (χ2n) is 4.93. The van der Waals surface area contributed by atoms with Gasteiger partial charge in [-0.2, -0.15) is 0 Å². The highest BCUT2D eigenvalue weighted by molar-refractivity contribution is 9.10. The lowest BCUT2D eigenvalue weighted by Gasteiger charge is -2.16. The molecule has 0 aliphatic rings. The number of nitrogens with zero attached hydrogens (tertiary/aromatic N) is 1. The summed E-state index contributed by atoms with van der Waals surface area (Å²) in [6.45, 7) is 2.08. The first-order chi connectivity index (χ1) is 9.88. The Labute approximate surface area is 142 Å². The number of nitrogens with one attached hydrogen (secondary N) is 1. The fourth-order valence-electron chi connectivity index (χ4n) is 1.90. The maximum atomic E-state index is 12.1. The average molecular weight is 388 g/mol. The number of halogens is 2. The Morgan fingerprint density at radius 3 is 2.67 bits per heavy atom. The number of rotatable bonds is 4. The van der Waals surface area contributed by atoms with E-state index in [0.29, 0.717) is 10.6 Å². The van der Waals surface area contributed by atoms with Crippen molar-refractivity contribution in [1.82, 2.24) is 4.90 Å². The smallest absolute Gasteiger partial charge is 0.254 e. The highest BCUT2D eigenvalue weighted by Gasteiger charge is 2.14. The standard InChI is InChI=1S/C15H16BrClN2OS/c1-9(14-6-10(16)8-21-14)18-11-4-5-13(17)12(7-11)15(20)19(2)3/h4-9,18H,1-3H3. The zero-order valence-electron chi connectivity index (χ0n) is 12.0. The van der Waals surface area contributed by atoms with Gasteiger partial charge in [-0.25, -0.2) is 0 Å². The molecule has 2 aromatic rings. The fourth-order valence-corrected chi connectivity index (χ4v) is 3.55. The van der Waals surface area contributed by atoms with Crippen LogP contribution in [0.15, 0.2) is 34.1 Å². The van der Waals surface area contributed by atoms with Crippen LogP contribution < -0.4 is 5.32 Å². The van der Waals surface area contributed by atoms with Gasteiger partial charge in [0.25, 0.3) is 5.91 Å². The van der Waals surface area contributed by atoms with E-state index in [1.807, 2.05) is 6.07 Å². The molecular formula is C15H16BrClN2OS. The van der Waals surface area contributed by atoms with Gasteiger partial charge >= 0.3 is 0 Å². The van der Waals surface area contributed by atoms with Crippen molar-refractivity contribution in [2.45, 2.75) is 13.0 Å². The number of hydrogen-bond donors (Lipinski definition) is 1. The third-order valence-electron chi connectivity index (χ3n) is 3.00. The molecule has 6 heteroatoms. The first kappa shape index (κ1) is 16.3. The van der Waals surface area contributed by atoms with Gasteiger partial charge in [0.1, 0.15) is 0 Å². The van der Waals surface area contributed by atoms with Crippen LogP contribution in [0.25, 0.3) is 0 Å². The number of benzene rings is 1.